The van der Waals surface area contributed by atoms with Crippen molar-refractivity contribution in [3.63, 3.8) is 0 Å². The Labute approximate surface area is 55.9 Å². The Bertz CT molecular complexity index is 131. The molecule has 50 valence electrons. The minimum atomic E-state index is -0.648. The number of ether oxygens (including phenoxy) is 1. The summed E-state index contributed by atoms with van der Waals surface area (Å²) in [7, 11) is 0. The summed E-state index contributed by atoms with van der Waals surface area (Å²) < 4.78 is 4.20. The summed E-state index contributed by atoms with van der Waals surface area (Å²) in [6, 6.07) is 0. The molecule has 0 unspecified atom stereocenters. The van der Waals surface area contributed by atoms with Crippen molar-refractivity contribution in [1.82, 2.24) is 5.32 Å². The first-order chi connectivity index (χ1) is 4.29. The molecule has 0 aromatic heterocycles. The number of carbonyl (C=O) groups excluding carboxylic acids is 2. The summed E-state index contributed by atoms with van der Waals surface area (Å²) in [5.41, 5.74) is 0. The number of alkyl carbamates (subject to hydrolysis) is 1. The summed E-state index contributed by atoms with van der Waals surface area (Å²) in [6.45, 7) is 0. The molecular formula is C4H5NO3S. The Balaban J connectivity index is 2.47. The quantitative estimate of drug-likeness (QED) is 0.385. The van der Waals surface area contributed by atoms with Crippen LogP contribution in [0.4, 0.5) is 4.79 Å². The standard InChI is InChI=1S/C4H5NO3S/c6-3-1-9-2-5-4(7)8-3/h1-2H2,(H,5,7). The second-order valence-corrected chi connectivity index (χ2v) is 2.42. The molecule has 1 rings (SSSR count). The number of amides is 1. The Kier molecular flexibility index (Phi) is 1.94. The molecule has 0 bridgehead atoms. The van der Waals surface area contributed by atoms with Crippen LogP contribution in [0.2, 0.25) is 0 Å². The molecule has 0 aromatic carbocycles. The predicted molar refractivity (Wildman–Crippen MR) is 31.9 cm³/mol. The number of cyclic esters (lactones) is 2. The normalized spacial score (nSPS) is 20.0. The maximum Gasteiger partial charge on any atom is 0.415 e. The molecule has 0 atom stereocenters. The highest BCUT2D eigenvalue weighted by Crippen LogP contribution is 2.01. The minimum absolute atomic E-state index is 0.249. The second-order valence-electron chi connectivity index (χ2n) is 1.43. The van der Waals surface area contributed by atoms with Crippen molar-refractivity contribution in [2.24, 2.45) is 0 Å². The van der Waals surface area contributed by atoms with Crippen molar-refractivity contribution in [3.05, 3.63) is 0 Å². The van der Waals surface area contributed by atoms with Gasteiger partial charge in [-0.05, 0) is 0 Å². The van der Waals surface area contributed by atoms with Crippen LogP contribution in [-0.4, -0.2) is 23.7 Å². The van der Waals surface area contributed by atoms with E-state index in [1.54, 1.807) is 0 Å². The molecule has 4 nitrogen and oxygen atoms in total. The van der Waals surface area contributed by atoms with Gasteiger partial charge in [-0.2, -0.15) is 0 Å². The molecule has 0 aliphatic carbocycles. The third kappa shape index (κ3) is 1.93. The molecular weight excluding hydrogens is 142 g/mol. The molecule has 0 aromatic rings. The van der Waals surface area contributed by atoms with Crippen molar-refractivity contribution in [1.29, 1.82) is 0 Å². The smallest absolute Gasteiger partial charge is 0.376 e. The van der Waals surface area contributed by atoms with Gasteiger partial charge in [0, 0.05) is 0 Å². The van der Waals surface area contributed by atoms with Crippen LogP contribution in [0.3, 0.4) is 0 Å². The number of nitrogens with one attached hydrogen (secondary N) is 1. The van der Waals surface area contributed by atoms with Crippen LogP contribution in [0.1, 0.15) is 0 Å². The molecule has 1 fully saturated rings. The minimum Gasteiger partial charge on any atom is -0.376 e. The fourth-order valence-electron chi connectivity index (χ4n) is 0.413. The molecule has 1 aliphatic rings. The van der Waals surface area contributed by atoms with Crippen LogP contribution in [0.25, 0.3) is 0 Å². The van der Waals surface area contributed by atoms with E-state index >= 15 is 0 Å². The van der Waals surface area contributed by atoms with Gasteiger partial charge in [-0.3, -0.25) is 4.79 Å². The van der Waals surface area contributed by atoms with Crippen LogP contribution in [0.15, 0.2) is 0 Å². The highest BCUT2D eigenvalue weighted by atomic mass is 32.2. The first-order valence-corrected chi connectivity index (χ1v) is 3.51. The van der Waals surface area contributed by atoms with E-state index in [9.17, 15) is 9.59 Å². The third-order valence-corrected chi connectivity index (χ3v) is 1.53. The fourth-order valence-corrected chi connectivity index (χ4v) is 0.961. The molecule has 1 N–H and O–H groups in total. The summed E-state index contributed by atoms with van der Waals surface area (Å²) in [5.74, 6) is 0.221. The van der Waals surface area contributed by atoms with Gasteiger partial charge in [0.2, 0.25) is 0 Å². The van der Waals surface area contributed by atoms with E-state index in [0.29, 0.717) is 5.88 Å². The van der Waals surface area contributed by atoms with Crippen LogP contribution in [0, 0.1) is 0 Å². The Hall–Kier alpha value is -0.710. The lowest BCUT2D eigenvalue weighted by molar-refractivity contribution is -0.134. The van der Waals surface area contributed by atoms with E-state index in [1.165, 1.54) is 11.8 Å². The zero-order valence-corrected chi connectivity index (χ0v) is 5.36. The van der Waals surface area contributed by atoms with Crippen molar-refractivity contribution in [2.45, 2.75) is 0 Å². The van der Waals surface area contributed by atoms with E-state index in [1.807, 2.05) is 0 Å². The highest BCUT2D eigenvalue weighted by molar-refractivity contribution is 7.99. The lowest BCUT2D eigenvalue weighted by atomic mass is 10.8. The van der Waals surface area contributed by atoms with Gasteiger partial charge in [0.25, 0.3) is 0 Å². The number of carbonyl (C=O) groups is 2. The average Bonchev–Trinajstić information content (AvgIpc) is 1.93. The SMILES string of the molecule is O=C1CSCNC(=O)O1. The van der Waals surface area contributed by atoms with Crippen molar-refractivity contribution >= 4 is 23.8 Å². The van der Waals surface area contributed by atoms with Gasteiger partial charge in [0.1, 0.15) is 0 Å². The molecule has 9 heavy (non-hydrogen) atoms. The second kappa shape index (κ2) is 2.72. The summed E-state index contributed by atoms with van der Waals surface area (Å²) in [4.78, 5) is 20.7. The van der Waals surface area contributed by atoms with Gasteiger partial charge >= 0.3 is 12.1 Å². The lowest BCUT2D eigenvalue weighted by Crippen LogP contribution is -2.22. The van der Waals surface area contributed by atoms with Crippen molar-refractivity contribution in [3.8, 4) is 0 Å². The summed E-state index contributed by atoms with van der Waals surface area (Å²) in [6.07, 6.45) is -0.648. The van der Waals surface area contributed by atoms with Crippen LogP contribution in [0.5, 0.6) is 0 Å². The highest BCUT2D eigenvalue weighted by Gasteiger charge is 2.13. The number of esters is 1. The van der Waals surface area contributed by atoms with E-state index in [4.69, 9.17) is 0 Å². The molecule has 0 radical (unpaired) electrons. The molecule has 0 saturated carbocycles. The maximum absolute atomic E-state index is 10.4. The zero-order chi connectivity index (χ0) is 6.69. The van der Waals surface area contributed by atoms with Gasteiger partial charge in [0.05, 0.1) is 11.6 Å². The van der Waals surface area contributed by atoms with Crippen LogP contribution >= 0.6 is 11.8 Å². The Morgan fingerprint density at radius 2 is 2.33 bits per heavy atom. The first kappa shape index (κ1) is 6.41. The van der Waals surface area contributed by atoms with E-state index in [2.05, 4.69) is 10.1 Å². The summed E-state index contributed by atoms with van der Waals surface area (Å²) in [5, 5.41) is 2.36. The first-order valence-electron chi connectivity index (χ1n) is 2.35. The number of rotatable bonds is 0. The van der Waals surface area contributed by atoms with Crippen LogP contribution in [-0.2, 0) is 9.53 Å². The molecule has 1 saturated heterocycles. The largest absolute Gasteiger partial charge is 0.415 e. The molecule has 1 heterocycles. The molecule has 0 spiro atoms. The topological polar surface area (TPSA) is 55.4 Å². The molecule has 5 heteroatoms. The number of hydrogen-bond donors (Lipinski definition) is 1. The Morgan fingerprint density at radius 3 is 3.11 bits per heavy atom. The Morgan fingerprint density at radius 1 is 1.56 bits per heavy atom. The van der Waals surface area contributed by atoms with E-state index in [0.717, 1.165) is 0 Å². The fraction of sp³-hybridized carbons (Fsp3) is 0.500. The maximum atomic E-state index is 10.4. The van der Waals surface area contributed by atoms with Gasteiger partial charge in [-0.25, -0.2) is 4.79 Å². The van der Waals surface area contributed by atoms with Gasteiger partial charge < -0.3 is 10.1 Å². The van der Waals surface area contributed by atoms with Crippen molar-refractivity contribution in [2.75, 3.05) is 11.6 Å². The van der Waals surface area contributed by atoms with Crippen LogP contribution < -0.4 is 5.32 Å². The summed E-state index contributed by atoms with van der Waals surface area (Å²) >= 11 is 1.32. The monoisotopic (exact) mass is 147 g/mol. The van der Waals surface area contributed by atoms with Crippen molar-refractivity contribution < 1.29 is 14.3 Å². The lowest BCUT2D eigenvalue weighted by Gasteiger charge is -1.93. The average molecular weight is 147 g/mol. The van der Waals surface area contributed by atoms with Gasteiger partial charge in [-0.15, -0.1) is 11.8 Å². The van der Waals surface area contributed by atoms with E-state index in [-0.39, 0.29) is 5.75 Å². The van der Waals surface area contributed by atoms with Gasteiger partial charge in [-0.1, -0.05) is 0 Å². The molecule has 1 amide bonds. The third-order valence-electron chi connectivity index (χ3n) is 0.745. The number of thioether (sulfide) groups is 1. The van der Waals surface area contributed by atoms with Gasteiger partial charge in [0.15, 0.2) is 0 Å². The zero-order valence-electron chi connectivity index (χ0n) is 4.55. The number of hydrogen-bond acceptors (Lipinski definition) is 4. The van der Waals surface area contributed by atoms with E-state index < -0.39 is 12.1 Å². The predicted octanol–water partition coefficient (Wildman–Crippen LogP) is -0.0565. The molecule has 1 aliphatic heterocycles.